The van der Waals surface area contributed by atoms with Crippen LogP contribution in [0.4, 0.5) is 11.4 Å². The molecule has 0 atom stereocenters. The van der Waals surface area contributed by atoms with Gasteiger partial charge in [0.1, 0.15) is 11.4 Å². The van der Waals surface area contributed by atoms with Gasteiger partial charge in [0.25, 0.3) is 11.8 Å². The minimum atomic E-state index is -0.335. The molecule has 3 aliphatic rings. The molecule has 2 amide bonds. The predicted molar refractivity (Wildman–Crippen MR) is 121 cm³/mol. The Hall–Kier alpha value is -3.73. The van der Waals surface area contributed by atoms with Gasteiger partial charge in [0.05, 0.1) is 17.1 Å². The summed E-state index contributed by atoms with van der Waals surface area (Å²) in [4.78, 5) is 29.9. The van der Waals surface area contributed by atoms with Crippen molar-refractivity contribution >= 4 is 34.7 Å². The highest BCUT2D eigenvalue weighted by molar-refractivity contribution is 6.28. The van der Waals surface area contributed by atoms with E-state index < -0.39 is 0 Å². The van der Waals surface area contributed by atoms with Crippen molar-refractivity contribution in [2.24, 2.45) is 4.99 Å². The maximum absolute atomic E-state index is 11.9. The van der Waals surface area contributed by atoms with Crippen LogP contribution in [0.5, 0.6) is 0 Å². The highest BCUT2D eigenvalue weighted by Gasteiger charge is 2.36. The average molecular weight is 410 g/mol. The molecular formula is C26H22N2O3. The van der Waals surface area contributed by atoms with Gasteiger partial charge in [0.15, 0.2) is 0 Å². The van der Waals surface area contributed by atoms with Crippen molar-refractivity contribution in [1.29, 1.82) is 0 Å². The lowest BCUT2D eigenvalue weighted by molar-refractivity contribution is -0.119. The molecule has 0 saturated heterocycles. The van der Waals surface area contributed by atoms with E-state index in [1.807, 2.05) is 30.3 Å². The van der Waals surface area contributed by atoms with Crippen LogP contribution in [0.15, 0.2) is 83.4 Å². The summed E-state index contributed by atoms with van der Waals surface area (Å²) in [6.07, 6.45) is 4.36. The number of rotatable bonds is 2. The fourth-order valence-corrected chi connectivity index (χ4v) is 4.21. The lowest BCUT2D eigenvalue weighted by Gasteiger charge is -2.38. The molecule has 0 aromatic heterocycles. The average Bonchev–Trinajstić information content (AvgIpc) is 3.09. The molecule has 0 saturated carbocycles. The van der Waals surface area contributed by atoms with E-state index in [0.717, 1.165) is 57.2 Å². The van der Waals surface area contributed by atoms with E-state index in [1.165, 1.54) is 12.2 Å². The first-order valence-corrected chi connectivity index (χ1v) is 10.3. The Morgan fingerprint density at radius 1 is 0.968 bits per heavy atom. The smallest absolute Gasteiger partial charge is 0.258 e. The van der Waals surface area contributed by atoms with E-state index in [1.54, 1.807) is 12.1 Å². The van der Waals surface area contributed by atoms with E-state index in [2.05, 4.69) is 26.5 Å². The molecule has 0 unspecified atom stereocenters. The number of aliphatic imine (C=N–C) groups is 1. The van der Waals surface area contributed by atoms with Crippen LogP contribution < -0.4 is 4.90 Å². The zero-order chi connectivity index (χ0) is 21.8. The molecule has 0 N–H and O–H groups in total. The summed E-state index contributed by atoms with van der Waals surface area (Å²) in [5.41, 5.74) is 5.86. The lowest BCUT2D eigenvalue weighted by Crippen LogP contribution is -2.31. The number of hydrogen-bond donors (Lipinski definition) is 0. The van der Waals surface area contributed by atoms with Crippen LogP contribution >= 0.6 is 0 Å². The van der Waals surface area contributed by atoms with Crippen molar-refractivity contribution in [3.05, 3.63) is 89.5 Å². The van der Waals surface area contributed by atoms with E-state index in [9.17, 15) is 9.59 Å². The van der Waals surface area contributed by atoms with E-state index in [0.29, 0.717) is 5.69 Å². The lowest BCUT2D eigenvalue weighted by atomic mass is 9.80. The monoisotopic (exact) mass is 410 g/mol. The largest absolute Gasteiger partial charge is 0.487 e. The van der Waals surface area contributed by atoms with Gasteiger partial charge in [0.2, 0.25) is 0 Å². The SMILES string of the molecule is C=C1C(=Nc2ccc(N3C(=O)C=CC3=O)cc2)c2ccccc2C2=C1CCC(C)(C)O2. The number of nitrogens with zero attached hydrogens (tertiary/aromatic N) is 2. The maximum atomic E-state index is 11.9. The number of benzene rings is 2. The summed E-state index contributed by atoms with van der Waals surface area (Å²) >= 11 is 0. The van der Waals surface area contributed by atoms with Gasteiger partial charge in [0, 0.05) is 34.4 Å². The van der Waals surface area contributed by atoms with Crippen LogP contribution in [-0.2, 0) is 14.3 Å². The molecule has 5 nitrogen and oxygen atoms in total. The van der Waals surface area contributed by atoms with Crippen LogP contribution in [0, 0.1) is 0 Å². The van der Waals surface area contributed by atoms with Crippen LogP contribution in [0.25, 0.3) is 5.76 Å². The number of carbonyl (C=O) groups is 2. The van der Waals surface area contributed by atoms with Crippen molar-refractivity contribution < 1.29 is 14.3 Å². The van der Waals surface area contributed by atoms with Crippen molar-refractivity contribution in [3.8, 4) is 0 Å². The van der Waals surface area contributed by atoms with Crippen LogP contribution in [-0.4, -0.2) is 23.1 Å². The standard InChI is InChI=1S/C26H22N2O3/c1-16-19-14-15-26(2,3)31-25(19)21-7-5-4-6-20(21)24(16)27-17-8-10-18(11-9-17)28-22(29)12-13-23(28)30/h4-13H,1,14-15H2,2-3H3. The van der Waals surface area contributed by atoms with Crippen LogP contribution in [0.2, 0.25) is 0 Å². The minimum Gasteiger partial charge on any atom is -0.487 e. The Labute approximate surface area is 181 Å². The van der Waals surface area contributed by atoms with Gasteiger partial charge in [-0.3, -0.25) is 9.59 Å². The Morgan fingerprint density at radius 3 is 2.29 bits per heavy atom. The minimum absolute atomic E-state index is 0.212. The second-order valence-corrected chi connectivity index (χ2v) is 8.52. The molecule has 31 heavy (non-hydrogen) atoms. The third-order valence-electron chi connectivity index (χ3n) is 5.86. The molecule has 0 fully saturated rings. The van der Waals surface area contributed by atoms with E-state index >= 15 is 0 Å². The zero-order valence-electron chi connectivity index (χ0n) is 17.5. The third-order valence-corrected chi connectivity index (χ3v) is 5.86. The molecule has 2 aliphatic heterocycles. The van der Waals surface area contributed by atoms with Gasteiger partial charge < -0.3 is 4.74 Å². The van der Waals surface area contributed by atoms with E-state index in [4.69, 9.17) is 9.73 Å². The van der Waals surface area contributed by atoms with Crippen LogP contribution in [0.1, 0.15) is 37.8 Å². The predicted octanol–water partition coefficient (Wildman–Crippen LogP) is 5.11. The molecule has 154 valence electrons. The normalized spacial score (nSPS) is 20.8. The van der Waals surface area contributed by atoms with Crippen molar-refractivity contribution in [2.75, 3.05) is 4.90 Å². The first-order valence-electron chi connectivity index (χ1n) is 10.3. The molecular weight excluding hydrogens is 388 g/mol. The summed E-state index contributed by atoms with van der Waals surface area (Å²) in [7, 11) is 0. The maximum Gasteiger partial charge on any atom is 0.258 e. The second kappa shape index (κ2) is 6.91. The fraction of sp³-hybridized carbons (Fsp3) is 0.192. The molecule has 1 aliphatic carbocycles. The number of carbonyl (C=O) groups excluding carboxylic acids is 2. The summed E-state index contributed by atoms with van der Waals surface area (Å²) in [5, 5.41) is 0. The molecule has 0 radical (unpaired) electrons. The molecule has 2 heterocycles. The Balaban J connectivity index is 1.54. The number of ether oxygens (including phenoxy) is 1. The van der Waals surface area contributed by atoms with Crippen molar-refractivity contribution in [1.82, 2.24) is 0 Å². The summed E-state index contributed by atoms with van der Waals surface area (Å²) in [5.74, 6) is 0.237. The first-order chi connectivity index (χ1) is 14.8. The van der Waals surface area contributed by atoms with E-state index in [-0.39, 0.29) is 17.4 Å². The number of fused-ring (bicyclic) bond motifs is 2. The van der Waals surface area contributed by atoms with Gasteiger partial charge >= 0.3 is 0 Å². The van der Waals surface area contributed by atoms with Gasteiger partial charge in [-0.05, 0) is 51.0 Å². The van der Waals surface area contributed by atoms with Gasteiger partial charge in [-0.25, -0.2) is 9.89 Å². The zero-order valence-corrected chi connectivity index (χ0v) is 17.5. The summed E-state index contributed by atoms with van der Waals surface area (Å²) in [6.45, 7) is 8.57. The summed E-state index contributed by atoms with van der Waals surface area (Å²) < 4.78 is 6.35. The fourth-order valence-electron chi connectivity index (χ4n) is 4.21. The topological polar surface area (TPSA) is 59.0 Å². The quantitative estimate of drug-likeness (QED) is 0.647. The number of amides is 2. The number of allylic oxidation sites excluding steroid dienone is 2. The Kier molecular flexibility index (Phi) is 4.29. The number of imide groups is 1. The molecule has 2 aromatic rings. The van der Waals surface area contributed by atoms with Gasteiger partial charge in [-0.15, -0.1) is 0 Å². The molecule has 5 heteroatoms. The van der Waals surface area contributed by atoms with Gasteiger partial charge in [-0.1, -0.05) is 30.8 Å². The molecule has 0 bridgehead atoms. The highest BCUT2D eigenvalue weighted by atomic mass is 16.5. The second-order valence-electron chi connectivity index (χ2n) is 8.52. The molecule has 5 rings (SSSR count). The highest BCUT2D eigenvalue weighted by Crippen LogP contribution is 2.44. The summed E-state index contributed by atoms with van der Waals surface area (Å²) in [6, 6.07) is 15.2. The first kappa shape index (κ1) is 19.2. The number of anilines is 1. The Bertz CT molecular complexity index is 1210. The van der Waals surface area contributed by atoms with Gasteiger partial charge in [-0.2, -0.15) is 0 Å². The Morgan fingerprint density at radius 2 is 1.61 bits per heavy atom. The van der Waals surface area contributed by atoms with Crippen LogP contribution in [0.3, 0.4) is 0 Å². The van der Waals surface area contributed by atoms with Crippen molar-refractivity contribution in [3.63, 3.8) is 0 Å². The molecule has 2 aromatic carbocycles. The third kappa shape index (κ3) is 3.22. The number of hydrogen-bond acceptors (Lipinski definition) is 4. The van der Waals surface area contributed by atoms with Crippen molar-refractivity contribution in [2.45, 2.75) is 32.3 Å². The molecule has 0 spiro atoms.